The minimum Gasteiger partial charge on any atom is -0.370 e. The highest BCUT2D eigenvalue weighted by atomic mass is 15.2. The number of pyridine rings is 1. The average molecular weight is 228 g/mol. The maximum Gasteiger partial charge on any atom is 0.140 e. The van der Waals surface area contributed by atoms with Crippen molar-refractivity contribution in [3.63, 3.8) is 0 Å². The Morgan fingerprint density at radius 2 is 2.35 bits per heavy atom. The van der Waals surface area contributed by atoms with Crippen molar-refractivity contribution in [1.82, 2.24) is 10.3 Å². The predicted octanol–water partition coefficient (Wildman–Crippen LogP) is 1.14. The Hall–Kier alpha value is -1.60. The molecule has 0 saturated carbocycles. The number of nitrogens with zero attached hydrogens (tertiary/aromatic N) is 3. The van der Waals surface area contributed by atoms with Gasteiger partial charge in [-0.3, -0.25) is 0 Å². The van der Waals surface area contributed by atoms with Crippen molar-refractivity contribution in [3.05, 3.63) is 24.0 Å². The SMILES string of the molecule is N#Cc1ccc(N2CCC3(CCNC3)C2)cn1. The first-order valence-electron chi connectivity index (χ1n) is 6.13. The van der Waals surface area contributed by atoms with Crippen molar-refractivity contribution in [3.8, 4) is 6.07 Å². The maximum absolute atomic E-state index is 8.73. The highest BCUT2D eigenvalue weighted by Crippen LogP contribution is 2.37. The van der Waals surface area contributed by atoms with E-state index in [9.17, 15) is 0 Å². The summed E-state index contributed by atoms with van der Waals surface area (Å²) < 4.78 is 0. The molecular formula is C13H16N4. The van der Waals surface area contributed by atoms with Crippen LogP contribution in [0.2, 0.25) is 0 Å². The van der Waals surface area contributed by atoms with Crippen molar-refractivity contribution in [2.24, 2.45) is 5.41 Å². The Kier molecular flexibility index (Phi) is 2.49. The van der Waals surface area contributed by atoms with Crippen molar-refractivity contribution in [2.45, 2.75) is 12.8 Å². The summed E-state index contributed by atoms with van der Waals surface area (Å²) in [7, 11) is 0. The molecule has 4 heteroatoms. The van der Waals surface area contributed by atoms with Crippen molar-refractivity contribution in [2.75, 3.05) is 31.1 Å². The molecule has 1 atom stereocenters. The molecule has 0 aliphatic carbocycles. The highest BCUT2D eigenvalue weighted by Gasteiger charge is 2.40. The molecule has 3 rings (SSSR count). The van der Waals surface area contributed by atoms with Crippen LogP contribution in [0.4, 0.5) is 5.69 Å². The molecule has 2 aliphatic heterocycles. The largest absolute Gasteiger partial charge is 0.370 e. The van der Waals surface area contributed by atoms with E-state index < -0.39 is 0 Å². The molecule has 88 valence electrons. The molecule has 2 aliphatic rings. The number of aromatic nitrogens is 1. The molecule has 1 aromatic heterocycles. The molecule has 1 unspecified atom stereocenters. The van der Waals surface area contributed by atoms with Crippen molar-refractivity contribution < 1.29 is 0 Å². The molecule has 3 heterocycles. The fraction of sp³-hybridized carbons (Fsp3) is 0.538. The van der Waals surface area contributed by atoms with Crippen LogP contribution in [0.5, 0.6) is 0 Å². The van der Waals surface area contributed by atoms with E-state index in [1.54, 1.807) is 6.07 Å². The van der Waals surface area contributed by atoms with Gasteiger partial charge in [0.1, 0.15) is 11.8 Å². The number of anilines is 1. The van der Waals surface area contributed by atoms with E-state index in [1.807, 2.05) is 12.3 Å². The lowest BCUT2D eigenvalue weighted by atomic mass is 9.86. The van der Waals surface area contributed by atoms with E-state index in [-0.39, 0.29) is 0 Å². The lowest BCUT2D eigenvalue weighted by molar-refractivity contribution is 0.369. The normalized spacial score (nSPS) is 27.6. The molecule has 2 fully saturated rings. The minimum atomic E-state index is 0.480. The predicted molar refractivity (Wildman–Crippen MR) is 65.7 cm³/mol. The fourth-order valence-corrected chi connectivity index (χ4v) is 2.94. The Morgan fingerprint density at radius 3 is 3.00 bits per heavy atom. The lowest BCUT2D eigenvalue weighted by Crippen LogP contribution is -2.29. The van der Waals surface area contributed by atoms with Crippen LogP contribution in [-0.2, 0) is 0 Å². The second-order valence-electron chi connectivity index (χ2n) is 5.11. The molecule has 1 N–H and O–H groups in total. The second kappa shape index (κ2) is 4.01. The van der Waals surface area contributed by atoms with Crippen LogP contribution < -0.4 is 10.2 Å². The van der Waals surface area contributed by atoms with Crippen LogP contribution >= 0.6 is 0 Å². The molecule has 0 radical (unpaired) electrons. The monoisotopic (exact) mass is 228 g/mol. The minimum absolute atomic E-state index is 0.480. The Balaban J connectivity index is 1.75. The van der Waals surface area contributed by atoms with Gasteiger partial charge in [-0.15, -0.1) is 0 Å². The summed E-state index contributed by atoms with van der Waals surface area (Å²) in [5.74, 6) is 0. The topological polar surface area (TPSA) is 52.0 Å². The number of nitriles is 1. The third-order valence-electron chi connectivity index (χ3n) is 4.00. The summed E-state index contributed by atoms with van der Waals surface area (Å²) in [4.78, 5) is 6.53. The summed E-state index contributed by atoms with van der Waals surface area (Å²) in [5.41, 5.74) is 2.12. The van der Waals surface area contributed by atoms with E-state index >= 15 is 0 Å². The summed E-state index contributed by atoms with van der Waals surface area (Å²) in [6.45, 7) is 4.52. The van der Waals surface area contributed by atoms with E-state index in [0.29, 0.717) is 11.1 Å². The van der Waals surface area contributed by atoms with Gasteiger partial charge in [0.15, 0.2) is 0 Å². The first-order valence-corrected chi connectivity index (χ1v) is 6.13. The molecular weight excluding hydrogens is 212 g/mol. The van der Waals surface area contributed by atoms with E-state index in [0.717, 1.165) is 31.9 Å². The molecule has 0 bridgehead atoms. The zero-order valence-corrected chi connectivity index (χ0v) is 9.82. The number of hydrogen-bond acceptors (Lipinski definition) is 4. The van der Waals surface area contributed by atoms with Crippen LogP contribution in [0.25, 0.3) is 0 Å². The van der Waals surface area contributed by atoms with E-state index in [1.165, 1.54) is 12.8 Å². The Bertz CT molecular complexity index is 439. The van der Waals surface area contributed by atoms with Gasteiger partial charge in [0.25, 0.3) is 0 Å². The van der Waals surface area contributed by atoms with E-state index in [2.05, 4.69) is 21.3 Å². The van der Waals surface area contributed by atoms with Gasteiger partial charge in [-0.05, 0) is 31.5 Å². The zero-order valence-electron chi connectivity index (χ0n) is 9.82. The van der Waals surface area contributed by atoms with Gasteiger partial charge in [-0.25, -0.2) is 4.98 Å². The summed E-state index contributed by atoms with van der Waals surface area (Å²) in [6, 6.07) is 5.86. The van der Waals surface area contributed by atoms with E-state index in [4.69, 9.17) is 5.26 Å². The summed E-state index contributed by atoms with van der Waals surface area (Å²) in [5, 5.41) is 12.2. The quantitative estimate of drug-likeness (QED) is 0.783. The van der Waals surface area contributed by atoms with Crippen molar-refractivity contribution >= 4 is 5.69 Å². The van der Waals surface area contributed by atoms with Gasteiger partial charge in [-0.1, -0.05) is 0 Å². The zero-order chi connectivity index (χ0) is 11.7. The third kappa shape index (κ3) is 1.87. The second-order valence-corrected chi connectivity index (χ2v) is 5.11. The molecule has 0 aromatic carbocycles. The van der Waals surface area contributed by atoms with Gasteiger partial charge in [-0.2, -0.15) is 5.26 Å². The van der Waals surface area contributed by atoms with Crippen LogP contribution in [0.15, 0.2) is 18.3 Å². The number of hydrogen-bond donors (Lipinski definition) is 1. The molecule has 0 amide bonds. The molecule has 4 nitrogen and oxygen atoms in total. The average Bonchev–Trinajstić information content (AvgIpc) is 3.01. The van der Waals surface area contributed by atoms with Crippen LogP contribution in [0, 0.1) is 16.7 Å². The molecule has 17 heavy (non-hydrogen) atoms. The maximum atomic E-state index is 8.73. The fourth-order valence-electron chi connectivity index (χ4n) is 2.94. The standard InChI is InChI=1S/C13H16N4/c14-7-11-1-2-12(8-16-11)17-6-4-13(10-17)3-5-15-9-13/h1-2,8,15H,3-6,9-10H2. The van der Waals surface area contributed by atoms with Gasteiger partial charge in [0, 0.05) is 25.0 Å². The molecule has 2 saturated heterocycles. The number of rotatable bonds is 1. The van der Waals surface area contributed by atoms with Gasteiger partial charge in [0.05, 0.1) is 11.9 Å². The van der Waals surface area contributed by atoms with Gasteiger partial charge in [0.2, 0.25) is 0 Å². The van der Waals surface area contributed by atoms with Crippen LogP contribution in [0.1, 0.15) is 18.5 Å². The summed E-state index contributed by atoms with van der Waals surface area (Å²) in [6.07, 6.45) is 4.37. The molecule has 1 aromatic rings. The smallest absolute Gasteiger partial charge is 0.140 e. The Morgan fingerprint density at radius 1 is 1.41 bits per heavy atom. The van der Waals surface area contributed by atoms with Gasteiger partial charge >= 0.3 is 0 Å². The third-order valence-corrected chi connectivity index (χ3v) is 4.00. The van der Waals surface area contributed by atoms with Crippen molar-refractivity contribution in [1.29, 1.82) is 5.26 Å². The lowest BCUT2D eigenvalue weighted by Gasteiger charge is -2.23. The summed E-state index contributed by atoms with van der Waals surface area (Å²) >= 11 is 0. The number of nitrogens with one attached hydrogen (secondary N) is 1. The van der Waals surface area contributed by atoms with Gasteiger partial charge < -0.3 is 10.2 Å². The highest BCUT2D eigenvalue weighted by molar-refractivity contribution is 5.47. The first-order chi connectivity index (χ1) is 8.31. The molecule has 1 spiro atoms. The Labute approximate surface area is 101 Å². The van der Waals surface area contributed by atoms with Crippen LogP contribution in [0.3, 0.4) is 0 Å². The first kappa shape index (κ1) is 10.5. The van der Waals surface area contributed by atoms with Crippen LogP contribution in [-0.4, -0.2) is 31.2 Å².